The fourth-order valence-electron chi connectivity index (χ4n) is 0.699. The largest absolute Gasteiger partial charge is 0.363 e. The van der Waals surface area contributed by atoms with Gasteiger partial charge in [0.2, 0.25) is 0 Å². The Bertz CT molecular complexity index is 249. The lowest BCUT2D eigenvalue weighted by atomic mass is 10.5. The number of anilines is 1. The van der Waals surface area contributed by atoms with E-state index in [0.29, 0.717) is 5.11 Å². The highest BCUT2D eigenvalue weighted by molar-refractivity contribution is 7.80. The normalized spacial score (nSPS) is 9.08. The molecule has 1 aromatic heterocycles. The molecule has 12 heavy (non-hydrogen) atoms. The third-order valence-electron chi connectivity index (χ3n) is 1.16. The van der Waals surface area contributed by atoms with Crippen molar-refractivity contribution in [2.75, 3.05) is 11.9 Å². The lowest BCUT2D eigenvalue weighted by Crippen LogP contribution is -2.27. The van der Waals surface area contributed by atoms with E-state index in [4.69, 9.17) is 12.2 Å². The summed E-state index contributed by atoms with van der Waals surface area (Å²) in [7, 11) is 0. The van der Waals surface area contributed by atoms with Crippen molar-refractivity contribution in [1.82, 2.24) is 15.3 Å². The molecule has 0 saturated carbocycles. The number of nitrogens with one attached hydrogen (secondary N) is 2. The summed E-state index contributed by atoms with van der Waals surface area (Å²) in [5.41, 5.74) is 0.795. The van der Waals surface area contributed by atoms with E-state index in [0.717, 1.165) is 12.2 Å². The van der Waals surface area contributed by atoms with Crippen molar-refractivity contribution in [2.24, 2.45) is 0 Å². The topological polar surface area (TPSA) is 49.8 Å². The minimum Gasteiger partial charge on any atom is -0.363 e. The number of hydrogen-bond donors (Lipinski definition) is 2. The molecular formula is C7H10N4S. The molecule has 0 aromatic carbocycles. The molecule has 0 aliphatic heterocycles. The molecule has 0 amide bonds. The standard InChI is InChI=1S/C7H10N4S/c1-2-10-7(12)11-6-3-8-5-9-4-6/h3-5H,2H2,1H3,(H2,10,11,12). The lowest BCUT2D eigenvalue weighted by molar-refractivity contribution is 0.978. The van der Waals surface area contributed by atoms with Crippen molar-refractivity contribution >= 4 is 23.0 Å². The molecule has 0 aliphatic carbocycles. The second-order valence-corrected chi connectivity index (χ2v) is 2.52. The van der Waals surface area contributed by atoms with Gasteiger partial charge in [0, 0.05) is 6.54 Å². The van der Waals surface area contributed by atoms with Crippen LogP contribution < -0.4 is 10.6 Å². The minimum atomic E-state index is 0.590. The van der Waals surface area contributed by atoms with Crippen LogP contribution in [0.25, 0.3) is 0 Å². The van der Waals surface area contributed by atoms with Crippen LogP contribution in [0.1, 0.15) is 6.92 Å². The van der Waals surface area contributed by atoms with Crippen LogP contribution >= 0.6 is 12.2 Å². The Balaban J connectivity index is 2.47. The first kappa shape index (κ1) is 8.86. The van der Waals surface area contributed by atoms with E-state index in [1.54, 1.807) is 12.4 Å². The predicted octanol–water partition coefficient (Wildman–Crippen LogP) is 0.783. The summed E-state index contributed by atoms with van der Waals surface area (Å²) in [6.45, 7) is 2.79. The Morgan fingerprint density at radius 2 is 2.17 bits per heavy atom. The van der Waals surface area contributed by atoms with E-state index < -0.39 is 0 Å². The van der Waals surface area contributed by atoms with Crippen molar-refractivity contribution in [1.29, 1.82) is 0 Å². The first-order valence-electron chi connectivity index (χ1n) is 3.62. The van der Waals surface area contributed by atoms with Gasteiger partial charge in [0.05, 0.1) is 18.1 Å². The minimum absolute atomic E-state index is 0.590. The van der Waals surface area contributed by atoms with Gasteiger partial charge in [-0.1, -0.05) is 0 Å². The number of thiocarbonyl (C=S) groups is 1. The zero-order valence-electron chi connectivity index (χ0n) is 6.74. The second-order valence-electron chi connectivity index (χ2n) is 2.11. The molecule has 5 heteroatoms. The van der Waals surface area contributed by atoms with Crippen LogP contribution in [0.4, 0.5) is 5.69 Å². The molecule has 0 atom stereocenters. The summed E-state index contributed by atoms with van der Waals surface area (Å²) in [5, 5.41) is 6.49. The molecule has 0 saturated heterocycles. The Morgan fingerprint density at radius 1 is 1.50 bits per heavy atom. The smallest absolute Gasteiger partial charge is 0.170 e. The van der Waals surface area contributed by atoms with Gasteiger partial charge < -0.3 is 10.6 Å². The van der Waals surface area contributed by atoms with Crippen LogP contribution in [0.5, 0.6) is 0 Å². The van der Waals surface area contributed by atoms with Gasteiger partial charge in [-0.15, -0.1) is 0 Å². The van der Waals surface area contributed by atoms with Crippen LogP contribution in [-0.4, -0.2) is 21.6 Å². The van der Waals surface area contributed by atoms with Gasteiger partial charge in [0.1, 0.15) is 6.33 Å². The van der Waals surface area contributed by atoms with E-state index >= 15 is 0 Å². The summed E-state index contributed by atoms with van der Waals surface area (Å²) < 4.78 is 0. The monoisotopic (exact) mass is 182 g/mol. The molecular weight excluding hydrogens is 172 g/mol. The molecule has 64 valence electrons. The maximum absolute atomic E-state index is 4.96. The third-order valence-corrected chi connectivity index (χ3v) is 1.40. The van der Waals surface area contributed by atoms with Gasteiger partial charge in [0.15, 0.2) is 5.11 Å². The summed E-state index contributed by atoms with van der Waals surface area (Å²) in [6, 6.07) is 0. The molecule has 0 aliphatic rings. The zero-order valence-corrected chi connectivity index (χ0v) is 7.56. The number of aromatic nitrogens is 2. The molecule has 1 rings (SSSR count). The molecule has 0 bridgehead atoms. The van der Waals surface area contributed by atoms with Crippen LogP contribution in [0.2, 0.25) is 0 Å². The van der Waals surface area contributed by atoms with Crippen LogP contribution in [0, 0.1) is 0 Å². The highest BCUT2D eigenvalue weighted by Crippen LogP contribution is 1.98. The van der Waals surface area contributed by atoms with Gasteiger partial charge >= 0.3 is 0 Å². The predicted molar refractivity (Wildman–Crippen MR) is 51.9 cm³/mol. The highest BCUT2D eigenvalue weighted by atomic mass is 32.1. The van der Waals surface area contributed by atoms with E-state index in [2.05, 4.69) is 20.6 Å². The number of nitrogens with zero attached hydrogens (tertiary/aromatic N) is 2. The van der Waals surface area contributed by atoms with Crippen LogP contribution in [-0.2, 0) is 0 Å². The highest BCUT2D eigenvalue weighted by Gasteiger charge is 1.93. The van der Waals surface area contributed by atoms with Crippen molar-refractivity contribution in [2.45, 2.75) is 6.92 Å². The van der Waals surface area contributed by atoms with Crippen molar-refractivity contribution in [3.05, 3.63) is 18.7 Å². The Hall–Kier alpha value is -1.23. The average molecular weight is 182 g/mol. The van der Waals surface area contributed by atoms with Gasteiger partial charge in [-0.25, -0.2) is 9.97 Å². The van der Waals surface area contributed by atoms with Crippen molar-refractivity contribution in [3.8, 4) is 0 Å². The fourth-order valence-corrected chi connectivity index (χ4v) is 0.962. The third kappa shape index (κ3) is 2.79. The molecule has 4 nitrogen and oxygen atoms in total. The maximum Gasteiger partial charge on any atom is 0.170 e. The SMILES string of the molecule is CCNC(=S)Nc1cncnc1. The summed E-state index contributed by atoms with van der Waals surface area (Å²) in [4.78, 5) is 7.67. The summed E-state index contributed by atoms with van der Waals surface area (Å²) in [5.74, 6) is 0. The Labute approximate surface area is 76.4 Å². The average Bonchev–Trinajstić information content (AvgIpc) is 2.06. The molecule has 0 spiro atoms. The fraction of sp³-hybridized carbons (Fsp3) is 0.286. The van der Waals surface area contributed by atoms with Gasteiger partial charge in [-0.2, -0.15) is 0 Å². The van der Waals surface area contributed by atoms with Gasteiger partial charge in [-0.3, -0.25) is 0 Å². The van der Waals surface area contributed by atoms with E-state index in [9.17, 15) is 0 Å². The number of rotatable bonds is 2. The summed E-state index contributed by atoms with van der Waals surface area (Å²) >= 11 is 4.96. The molecule has 0 radical (unpaired) electrons. The van der Waals surface area contributed by atoms with Crippen molar-refractivity contribution in [3.63, 3.8) is 0 Å². The molecule has 2 N–H and O–H groups in total. The van der Waals surface area contributed by atoms with E-state index in [1.165, 1.54) is 6.33 Å². The van der Waals surface area contributed by atoms with Gasteiger partial charge in [0.25, 0.3) is 0 Å². The summed E-state index contributed by atoms with van der Waals surface area (Å²) in [6.07, 6.45) is 4.80. The second kappa shape index (κ2) is 4.61. The van der Waals surface area contributed by atoms with E-state index in [1.807, 2.05) is 6.92 Å². The van der Waals surface area contributed by atoms with Crippen LogP contribution in [0.3, 0.4) is 0 Å². The van der Waals surface area contributed by atoms with E-state index in [-0.39, 0.29) is 0 Å². The Kier molecular flexibility index (Phi) is 3.40. The maximum atomic E-state index is 4.96. The molecule has 1 heterocycles. The molecule has 0 fully saturated rings. The number of hydrogen-bond acceptors (Lipinski definition) is 3. The van der Waals surface area contributed by atoms with Gasteiger partial charge in [-0.05, 0) is 19.1 Å². The zero-order chi connectivity index (χ0) is 8.81. The molecule has 0 unspecified atom stereocenters. The first-order chi connectivity index (χ1) is 5.83. The molecule has 1 aromatic rings. The first-order valence-corrected chi connectivity index (χ1v) is 4.03. The van der Waals surface area contributed by atoms with Crippen molar-refractivity contribution < 1.29 is 0 Å². The Morgan fingerprint density at radius 3 is 2.75 bits per heavy atom. The quantitative estimate of drug-likeness (QED) is 0.662. The van der Waals surface area contributed by atoms with Crippen LogP contribution in [0.15, 0.2) is 18.7 Å². The lowest BCUT2D eigenvalue weighted by Gasteiger charge is -2.06.